The standard InChI is InChI=1S/C14H12Cl2N2O3/c1-8-11(15)17-12(16)13(19)18(8)10(14(20)21-2)9-6-4-3-5-7-9/h3-7,10H,1-2H3. The van der Waals surface area contributed by atoms with E-state index in [0.29, 0.717) is 11.3 Å². The van der Waals surface area contributed by atoms with Crippen molar-refractivity contribution in [3.63, 3.8) is 0 Å². The highest BCUT2D eigenvalue weighted by atomic mass is 35.5. The molecule has 1 aromatic heterocycles. The molecular weight excluding hydrogens is 315 g/mol. The Kier molecular flexibility index (Phi) is 4.65. The largest absolute Gasteiger partial charge is 0.467 e. The number of halogens is 2. The van der Waals surface area contributed by atoms with Crippen LogP contribution in [-0.4, -0.2) is 22.6 Å². The van der Waals surface area contributed by atoms with Crippen LogP contribution in [0.25, 0.3) is 0 Å². The third-order valence-corrected chi connectivity index (χ3v) is 3.65. The lowest BCUT2D eigenvalue weighted by molar-refractivity contribution is -0.143. The number of methoxy groups -OCH3 is 1. The summed E-state index contributed by atoms with van der Waals surface area (Å²) in [4.78, 5) is 28.2. The van der Waals surface area contributed by atoms with Gasteiger partial charge in [-0.1, -0.05) is 53.5 Å². The van der Waals surface area contributed by atoms with Crippen LogP contribution < -0.4 is 5.56 Å². The van der Waals surface area contributed by atoms with Crippen LogP contribution >= 0.6 is 23.2 Å². The number of hydrogen-bond donors (Lipinski definition) is 0. The van der Waals surface area contributed by atoms with Crippen LogP contribution in [0.2, 0.25) is 10.3 Å². The van der Waals surface area contributed by atoms with Gasteiger partial charge < -0.3 is 4.74 Å². The first-order valence-electron chi connectivity index (χ1n) is 6.04. The predicted molar refractivity (Wildman–Crippen MR) is 79.9 cm³/mol. The Bertz CT molecular complexity index is 729. The summed E-state index contributed by atoms with van der Waals surface area (Å²) in [5.74, 6) is -0.593. The molecule has 0 bridgehead atoms. The van der Waals surface area contributed by atoms with Crippen molar-refractivity contribution in [2.75, 3.05) is 7.11 Å². The van der Waals surface area contributed by atoms with E-state index in [0.717, 1.165) is 0 Å². The molecule has 1 atom stereocenters. The average molecular weight is 327 g/mol. The number of esters is 1. The summed E-state index contributed by atoms with van der Waals surface area (Å²) < 4.78 is 6.00. The molecule has 0 spiro atoms. The van der Waals surface area contributed by atoms with Gasteiger partial charge in [0.1, 0.15) is 5.15 Å². The molecule has 5 nitrogen and oxygen atoms in total. The Morgan fingerprint density at radius 3 is 2.43 bits per heavy atom. The molecule has 110 valence electrons. The van der Waals surface area contributed by atoms with Gasteiger partial charge in [0, 0.05) is 0 Å². The molecule has 0 aliphatic rings. The Balaban J connectivity index is 2.75. The van der Waals surface area contributed by atoms with Crippen LogP contribution in [0, 0.1) is 6.92 Å². The highest BCUT2D eigenvalue weighted by molar-refractivity contribution is 6.32. The Hall–Kier alpha value is -1.85. The van der Waals surface area contributed by atoms with Crippen molar-refractivity contribution in [2.45, 2.75) is 13.0 Å². The molecular formula is C14H12Cl2N2O3. The van der Waals surface area contributed by atoms with E-state index in [-0.39, 0.29) is 10.3 Å². The minimum Gasteiger partial charge on any atom is -0.467 e. The summed E-state index contributed by atoms with van der Waals surface area (Å²) in [6.07, 6.45) is 0. The van der Waals surface area contributed by atoms with Gasteiger partial charge in [-0.3, -0.25) is 9.36 Å². The summed E-state index contributed by atoms with van der Waals surface area (Å²) in [5.41, 5.74) is 0.330. The van der Waals surface area contributed by atoms with Crippen molar-refractivity contribution < 1.29 is 9.53 Å². The van der Waals surface area contributed by atoms with Crippen molar-refractivity contribution in [1.82, 2.24) is 9.55 Å². The van der Waals surface area contributed by atoms with Gasteiger partial charge in [-0.15, -0.1) is 0 Å². The number of carbonyl (C=O) groups excluding carboxylic acids is 1. The van der Waals surface area contributed by atoms with Gasteiger partial charge >= 0.3 is 5.97 Å². The minimum absolute atomic E-state index is 0.0597. The summed E-state index contributed by atoms with van der Waals surface area (Å²) in [6.45, 7) is 1.59. The van der Waals surface area contributed by atoms with E-state index < -0.39 is 17.6 Å². The number of benzene rings is 1. The topological polar surface area (TPSA) is 61.2 Å². The summed E-state index contributed by atoms with van der Waals surface area (Å²) in [6, 6.07) is 7.79. The Morgan fingerprint density at radius 2 is 1.86 bits per heavy atom. The zero-order valence-corrected chi connectivity index (χ0v) is 12.9. The lowest BCUT2D eigenvalue weighted by Crippen LogP contribution is -2.34. The number of aromatic nitrogens is 2. The van der Waals surface area contributed by atoms with Gasteiger partial charge in [-0.05, 0) is 12.5 Å². The number of nitrogens with zero attached hydrogens (tertiary/aromatic N) is 2. The van der Waals surface area contributed by atoms with Crippen LogP contribution in [-0.2, 0) is 9.53 Å². The maximum absolute atomic E-state index is 12.3. The molecule has 0 aliphatic carbocycles. The number of ether oxygens (including phenoxy) is 1. The first kappa shape index (κ1) is 15.5. The lowest BCUT2D eigenvalue weighted by Gasteiger charge is -2.20. The molecule has 1 aromatic carbocycles. The fourth-order valence-electron chi connectivity index (χ4n) is 2.01. The van der Waals surface area contributed by atoms with E-state index in [2.05, 4.69) is 4.98 Å². The summed E-state index contributed by atoms with van der Waals surface area (Å²) in [7, 11) is 1.25. The zero-order valence-electron chi connectivity index (χ0n) is 11.3. The van der Waals surface area contributed by atoms with Gasteiger partial charge in [-0.2, -0.15) is 0 Å². The van der Waals surface area contributed by atoms with Crippen LogP contribution in [0.4, 0.5) is 0 Å². The smallest absolute Gasteiger partial charge is 0.333 e. The van der Waals surface area contributed by atoms with Gasteiger partial charge in [-0.25, -0.2) is 9.78 Å². The molecule has 0 saturated heterocycles. The van der Waals surface area contributed by atoms with E-state index in [9.17, 15) is 9.59 Å². The molecule has 1 unspecified atom stereocenters. The van der Waals surface area contributed by atoms with E-state index in [1.807, 2.05) is 0 Å². The van der Waals surface area contributed by atoms with E-state index >= 15 is 0 Å². The van der Waals surface area contributed by atoms with Crippen LogP contribution in [0.3, 0.4) is 0 Å². The predicted octanol–water partition coefficient (Wildman–Crippen LogP) is 2.62. The number of hydrogen-bond acceptors (Lipinski definition) is 4. The van der Waals surface area contributed by atoms with Crippen LogP contribution in [0.15, 0.2) is 35.1 Å². The van der Waals surface area contributed by atoms with Crippen molar-refractivity contribution in [2.24, 2.45) is 0 Å². The molecule has 2 aromatic rings. The molecule has 2 rings (SSSR count). The second-order valence-corrected chi connectivity index (χ2v) is 5.01. The first-order chi connectivity index (χ1) is 9.97. The Labute approximate surface area is 131 Å². The summed E-state index contributed by atoms with van der Waals surface area (Å²) >= 11 is 11.8. The van der Waals surface area contributed by atoms with Crippen molar-refractivity contribution in [3.8, 4) is 0 Å². The quantitative estimate of drug-likeness (QED) is 0.813. The minimum atomic E-state index is -0.971. The number of carbonyl (C=O) groups is 1. The second-order valence-electron chi connectivity index (χ2n) is 4.29. The molecule has 0 fully saturated rings. The normalized spacial score (nSPS) is 12.0. The van der Waals surface area contributed by atoms with Crippen molar-refractivity contribution >= 4 is 29.2 Å². The maximum Gasteiger partial charge on any atom is 0.333 e. The second kappa shape index (κ2) is 6.28. The molecule has 0 N–H and O–H groups in total. The third-order valence-electron chi connectivity index (χ3n) is 3.05. The van der Waals surface area contributed by atoms with E-state index in [4.69, 9.17) is 27.9 Å². The molecule has 21 heavy (non-hydrogen) atoms. The molecule has 1 heterocycles. The van der Waals surface area contributed by atoms with Crippen molar-refractivity contribution in [3.05, 3.63) is 62.2 Å². The van der Waals surface area contributed by atoms with Crippen LogP contribution in [0.5, 0.6) is 0 Å². The summed E-state index contributed by atoms with van der Waals surface area (Å²) in [5, 5.41) is -0.236. The fourth-order valence-corrected chi connectivity index (χ4v) is 2.41. The molecule has 0 aliphatic heterocycles. The van der Waals surface area contributed by atoms with Crippen molar-refractivity contribution in [1.29, 1.82) is 0 Å². The Morgan fingerprint density at radius 1 is 1.24 bits per heavy atom. The molecule has 0 saturated carbocycles. The SMILES string of the molecule is COC(=O)C(c1ccccc1)n1c(C)c(Cl)nc(Cl)c1=O. The van der Waals surface area contributed by atoms with Gasteiger partial charge in [0.15, 0.2) is 11.2 Å². The van der Waals surface area contributed by atoms with Gasteiger partial charge in [0.2, 0.25) is 0 Å². The lowest BCUT2D eigenvalue weighted by atomic mass is 10.1. The molecule has 7 heteroatoms. The third kappa shape index (κ3) is 2.94. The number of rotatable bonds is 3. The average Bonchev–Trinajstić information content (AvgIpc) is 2.49. The van der Waals surface area contributed by atoms with Crippen LogP contribution in [0.1, 0.15) is 17.3 Å². The van der Waals surface area contributed by atoms with Gasteiger partial charge in [0.25, 0.3) is 5.56 Å². The highest BCUT2D eigenvalue weighted by Crippen LogP contribution is 2.23. The fraction of sp³-hybridized carbons (Fsp3) is 0.214. The maximum atomic E-state index is 12.3. The zero-order chi connectivity index (χ0) is 15.6. The van der Waals surface area contributed by atoms with E-state index in [1.54, 1.807) is 37.3 Å². The highest BCUT2D eigenvalue weighted by Gasteiger charge is 2.28. The molecule has 0 amide bonds. The molecule has 0 radical (unpaired) electrons. The van der Waals surface area contributed by atoms with E-state index in [1.165, 1.54) is 11.7 Å². The monoisotopic (exact) mass is 326 g/mol. The van der Waals surface area contributed by atoms with Gasteiger partial charge in [0.05, 0.1) is 12.8 Å². The first-order valence-corrected chi connectivity index (χ1v) is 6.80.